The van der Waals surface area contributed by atoms with Gasteiger partial charge in [0.2, 0.25) is 0 Å². The minimum Gasteiger partial charge on any atom is -0.307 e. The molecule has 1 aliphatic heterocycles. The highest BCUT2D eigenvalue weighted by atomic mass is 16.8. The molecule has 0 aromatic carbocycles. The first-order chi connectivity index (χ1) is 8.18. The Morgan fingerprint density at radius 1 is 1.47 bits per heavy atom. The average molecular weight is 238 g/mol. The molecule has 0 spiro atoms. The summed E-state index contributed by atoms with van der Waals surface area (Å²) in [6.07, 6.45) is 4.57. The predicted molar refractivity (Wildman–Crippen MR) is 56.4 cm³/mol. The van der Waals surface area contributed by atoms with Gasteiger partial charge in [-0.3, -0.25) is 15.2 Å². The zero-order valence-electron chi connectivity index (χ0n) is 9.20. The van der Waals surface area contributed by atoms with Crippen molar-refractivity contribution in [3.63, 3.8) is 0 Å². The third kappa shape index (κ3) is 2.76. The van der Waals surface area contributed by atoms with E-state index in [-0.39, 0.29) is 11.7 Å². The van der Waals surface area contributed by atoms with E-state index in [4.69, 9.17) is 10.4 Å². The van der Waals surface area contributed by atoms with Crippen LogP contribution in [0.5, 0.6) is 0 Å². The van der Waals surface area contributed by atoms with Crippen molar-refractivity contribution in [2.24, 2.45) is 0 Å². The summed E-state index contributed by atoms with van der Waals surface area (Å²) in [6, 6.07) is 1.37. The van der Waals surface area contributed by atoms with E-state index in [9.17, 15) is 4.79 Å². The number of carbonyl (C=O) groups is 1. The Kier molecular flexibility index (Phi) is 3.62. The van der Waals surface area contributed by atoms with E-state index >= 15 is 0 Å². The maximum Gasteiger partial charge on any atom is 0.321 e. The van der Waals surface area contributed by atoms with Crippen LogP contribution in [-0.2, 0) is 0 Å². The van der Waals surface area contributed by atoms with E-state index in [1.165, 1.54) is 12.3 Å². The summed E-state index contributed by atoms with van der Waals surface area (Å²) in [5.74, 6) is -0.457. The van der Waals surface area contributed by atoms with Gasteiger partial charge in [0, 0.05) is 6.20 Å². The number of nitrogens with zero attached hydrogens (tertiary/aromatic N) is 3. The molecule has 17 heavy (non-hydrogen) atoms. The summed E-state index contributed by atoms with van der Waals surface area (Å²) in [7, 11) is 0. The Labute approximate surface area is 98.0 Å². The number of carbonyl (C=O) groups excluding carboxylic acids is 1. The molecule has 0 radical (unpaired) electrons. The van der Waals surface area contributed by atoms with Gasteiger partial charge in [-0.2, -0.15) is 0 Å². The fourth-order valence-electron chi connectivity index (χ4n) is 1.84. The quantitative estimate of drug-likeness (QED) is 0.513. The molecule has 1 amide bonds. The summed E-state index contributed by atoms with van der Waals surface area (Å²) >= 11 is 0. The fourth-order valence-corrected chi connectivity index (χ4v) is 1.84. The molecule has 1 aliphatic rings. The van der Waals surface area contributed by atoms with Crippen molar-refractivity contribution >= 4 is 5.91 Å². The molecule has 0 aliphatic carbocycles. The third-order valence-electron chi connectivity index (χ3n) is 2.70. The fraction of sp³-hybridized carbons (Fsp3) is 0.500. The lowest BCUT2D eigenvalue weighted by Crippen LogP contribution is -2.30. The van der Waals surface area contributed by atoms with Crippen LogP contribution < -0.4 is 5.32 Å². The van der Waals surface area contributed by atoms with Crippen LogP contribution in [0.1, 0.15) is 41.6 Å². The van der Waals surface area contributed by atoms with Gasteiger partial charge in [-0.1, -0.05) is 11.6 Å². The highest BCUT2D eigenvalue weighted by Crippen LogP contribution is 2.19. The van der Waals surface area contributed by atoms with Crippen LogP contribution in [-0.4, -0.2) is 38.1 Å². The molecule has 1 fully saturated rings. The first-order valence-electron chi connectivity index (χ1n) is 5.47. The van der Waals surface area contributed by atoms with Crippen LogP contribution in [0.15, 0.2) is 12.3 Å². The smallest absolute Gasteiger partial charge is 0.307 e. The molecule has 2 rings (SSSR count). The first-order valence-corrected chi connectivity index (χ1v) is 5.47. The second-order valence-corrected chi connectivity index (χ2v) is 3.90. The molecule has 1 unspecified atom stereocenters. The number of hydrogen-bond donors (Lipinski definition) is 3. The van der Waals surface area contributed by atoms with Gasteiger partial charge < -0.3 is 5.32 Å². The summed E-state index contributed by atoms with van der Waals surface area (Å²) in [4.78, 5) is 19.4. The van der Waals surface area contributed by atoms with Gasteiger partial charge in [-0.05, 0) is 25.5 Å². The molecular weight excluding hydrogens is 224 g/mol. The van der Waals surface area contributed by atoms with Gasteiger partial charge in [-0.25, -0.2) is 9.97 Å². The Morgan fingerprint density at radius 2 is 2.29 bits per heavy atom. The standard InChI is InChI=1S/C10H14N4O3/c15-10(14(16)17)8-4-6-12-9(13-8)7-3-1-2-5-11-7/h4,6-7,11,16-17H,1-3,5H2. The van der Waals surface area contributed by atoms with Crippen molar-refractivity contribution in [1.82, 2.24) is 20.5 Å². The van der Waals surface area contributed by atoms with E-state index in [0.717, 1.165) is 25.8 Å². The number of amides is 1. The summed E-state index contributed by atoms with van der Waals surface area (Å²) in [6.45, 7) is 0.901. The molecule has 7 nitrogen and oxygen atoms in total. The zero-order valence-corrected chi connectivity index (χ0v) is 9.20. The molecule has 1 aromatic rings. The van der Waals surface area contributed by atoms with Gasteiger partial charge in [0.15, 0.2) is 0 Å². The summed E-state index contributed by atoms with van der Waals surface area (Å²) < 4.78 is 0. The normalized spacial score (nSPS) is 20.0. The molecule has 1 aromatic heterocycles. The number of rotatable bonds is 2. The highest BCUT2D eigenvalue weighted by molar-refractivity contribution is 5.90. The van der Waals surface area contributed by atoms with Gasteiger partial charge in [0.25, 0.3) is 0 Å². The molecule has 92 valence electrons. The average Bonchev–Trinajstić information content (AvgIpc) is 2.39. The second kappa shape index (κ2) is 5.17. The van der Waals surface area contributed by atoms with Gasteiger partial charge in [0.05, 0.1) is 6.04 Å². The SMILES string of the molecule is O=C(c1ccnc(C2CCCCN2)n1)N(O)O. The van der Waals surface area contributed by atoms with E-state index in [1.807, 2.05) is 0 Å². The van der Waals surface area contributed by atoms with E-state index < -0.39 is 11.1 Å². The molecule has 1 saturated heterocycles. The number of hydroxylamine groups is 2. The number of piperidine rings is 1. The van der Waals surface area contributed by atoms with E-state index in [1.54, 1.807) is 0 Å². The van der Waals surface area contributed by atoms with Crippen molar-refractivity contribution in [1.29, 1.82) is 0 Å². The molecule has 1 atom stereocenters. The van der Waals surface area contributed by atoms with Gasteiger partial charge in [0.1, 0.15) is 11.5 Å². The van der Waals surface area contributed by atoms with Crippen molar-refractivity contribution in [3.8, 4) is 0 Å². The monoisotopic (exact) mass is 238 g/mol. The Morgan fingerprint density at radius 3 is 2.94 bits per heavy atom. The summed E-state index contributed by atoms with van der Waals surface area (Å²) in [5, 5.41) is 20.1. The van der Waals surface area contributed by atoms with Crippen LogP contribution in [0.4, 0.5) is 0 Å². The third-order valence-corrected chi connectivity index (χ3v) is 2.70. The van der Waals surface area contributed by atoms with Crippen molar-refractivity contribution in [3.05, 3.63) is 23.8 Å². The maximum absolute atomic E-state index is 11.3. The molecule has 2 heterocycles. The number of hydrogen-bond acceptors (Lipinski definition) is 6. The van der Waals surface area contributed by atoms with E-state index in [2.05, 4.69) is 15.3 Å². The zero-order chi connectivity index (χ0) is 12.3. The van der Waals surface area contributed by atoms with Crippen LogP contribution >= 0.6 is 0 Å². The van der Waals surface area contributed by atoms with Crippen molar-refractivity contribution in [2.75, 3.05) is 6.54 Å². The lowest BCUT2D eigenvalue weighted by atomic mass is 10.0. The lowest BCUT2D eigenvalue weighted by molar-refractivity contribution is -0.260. The topological polar surface area (TPSA) is 98.6 Å². The van der Waals surface area contributed by atoms with Crippen molar-refractivity contribution in [2.45, 2.75) is 25.3 Å². The van der Waals surface area contributed by atoms with Crippen LogP contribution in [0.2, 0.25) is 0 Å². The largest absolute Gasteiger partial charge is 0.321 e. The van der Waals surface area contributed by atoms with Gasteiger partial charge >= 0.3 is 5.91 Å². The molecule has 3 N–H and O–H groups in total. The van der Waals surface area contributed by atoms with Crippen LogP contribution in [0.3, 0.4) is 0 Å². The van der Waals surface area contributed by atoms with Crippen molar-refractivity contribution < 1.29 is 15.2 Å². The maximum atomic E-state index is 11.3. The second-order valence-electron chi connectivity index (χ2n) is 3.90. The highest BCUT2D eigenvalue weighted by Gasteiger charge is 2.20. The Hall–Kier alpha value is -1.57. The predicted octanol–water partition coefficient (Wildman–Crippen LogP) is 0.512. The van der Waals surface area contributed by atoms with E-state index in [0.29, 0.717) is 5.82 Å². The lowest BCUT2D eigenvalue weighted by Gasteiger charge is -2.22. The minimum atomic E-state index is -0.968. The first kappa shape index (κ1) is 11.9. The molecule has 0 bridgehead atoms. The summed E-state index contributed by atoms with van der Waals surface area (Å²) in [5.41, 5.74) is -0.0348. The molecule has 7 heteroatoms. The number of nitrogens with one attached hydrogen (secondary N) is 1. The minimum absolute atomic E-state index is 0.0299. The van der Waals surface area contributed by atoms with Crippen LogP contribution in [0, 0.1) is 0 Å². The Balaban J connectivity index is 2.18. The van der Waals surface area contributed by atoms with Gasteiger partial charge in [-0.15, -0.1) is 0 Å². The Bertz CT molecular complexity index is 404. The molecular formula is C10H14N4O3. The number of aromatic nitrogens is 2. The van der Waals surface area contributed by atoms with Crippen LogP contribution in [0.25, 0.3) is 0 Å². The molecule has 0 saturated carbocycles.